The monoisotopic (exact) mass is 523 g/mol. The van der Waals surface area contributed by atoms with Gasteiger partial charge in [-0.3, -0.25) is 13.9 Å². The number of hydrogen-bond acceptors (Lipinski definition) is 6. The summed E-state index contributed by atoms with van der Waals surface area (Å²) in [5.74, 6) is -0.592. The standard InChI is InChI=1S/C25H34FN3O6S/c1-17(2)14-27-25(31)18(3)28(15-19-7-9-20(26)10-8-19)24(30)16-29(36(6,32)33)22-12-11-21(34-4)13-23(22)35-5/h7-13,17-18H,14-16H2,1-6H3,(H,27,31)/t18-/m0/s1. The Hall–Kier alpha value is -3.34. The van der Waals surface area contributed by atoms with Crippen LogP contribution in [0.4, 0.5) is 10.1 Å². The fourth-order valence-corrected chi connectivity index (χ4v) is 4.26. The molecule has 0 unspecified atom stereocenters. The van der Waals surface area contributed by atoms with E-state index in [1.165, 1.54) is 55.5 Å². The number of nitrogens with zero attached hydrogens (tertiary/aromatic N) is 2. The molecule has 9 nitrogen and oxygen atoms in total. The Morgan fingerprint density at radius 1 is 1.03 bits per heavy atom. The Kier molecular flexibility index (Phi) is 10.1. The molecule has 0 aliphatic carbocycles. The van der Waals surface area contributed by atoms with Crippen LogP contribution in [0.3, 0.4) is 0 Å². The Bertz CT molecular complexity index is 1150. The summed E-state index contributed by atoms with van der Waals surface area (Å²) in [6, 6.07) is 9.16. The summed E-state index contributed by atoms with van der Waals surface area (Å²) in [5.41, 5.74) is 0.731. The minimum absolute atomic E-state index is 0.0211. The van der Waals surface area contributed by atoms with Gasteiger partial charge in [0.05, 0.1) is 26.2 Å². The Balaban J connectivity index is 2.43. The van der Waals surface area contributed by atoms with Crippen LogP contribution in [-0.4, -0.2) is 64.7 Å². The fourth-order valence-electron chi connectivity index (χ4n) is 3.41. The van der Waals surface area contributed by atoms with Crippen LogP contribution in [0.1, 0.15) is 26.3 Å². The highest BCUT2D eigenvalue weighted by atomic mass is 32.2. The first-order valence-corrected chi connectivity index (χ1v) is 13.2. The van der Waals surface area contributed by atoms with E-state index in [0.29, 0.717) is 17.9 Å². The molecule has 2 aromatic rings. The highest BCUT2D eigenvalue weighted by Crippen LogP contribution is 2.33. The smallest absolute Gasteiger partial charge is 0.244 e. The van der Waals surface area contributed by atoms with Crippen LogP contribution in [0.15, 0.2) is 42.5 Å². The number of anilines is 1. The maximum Gasteiger partial charge on any atom is 0.244 e. The Morgan fingerprint density at radius 2 is 1.67 bits per heavy atom. The van der Waals surface area contributed by atoms with Crippen molar-refractivity contribution in [3.63, 3.8) is 0 Å². The second-order valence-corrected chi connectivity index (χ2v) is 10.7. The average Bonchev–Trinajstić information content (AvgIpc) is 2.83. The summed E-state index contributed by atoms with van der Waals surface area (Å²) in [4.78, 5) is 27.7. The van der Waals surface area contributed by atoms with Gasteiger partial charge in [0.25, 0.3) is 0 Å². The molecule has 0 heterocycles. The highest BCUT2D eigenvalue weighted by molar-refractivity contribution is 7.92. The van der Waals surface area contributed by atoms with E-state index in [9.17, 15) is 22.4 Å². The van der Waals surface area contributed by atoms with Crippen molar-refractivity contribution in [1.29, 1.82) is 0 Å². The zero-order valence-corrected chi connectivity index (χ0v) is 22.3. The van der Waals surface area contributed by atoms with Crippen molar-refractivity contribution in [3.05, 3.63) is 53.8 Å². The third-order valence-electron chi connectivity index (χ3n) is 5.45. The van der Waals surface area contributed by atoms with Crippen LogP contribution in [0.5, 0.6) is 11.5 Å². The molecule has 0 saturated heterocycles. The van der Waals surface area contributed by atoms with E-state index >= 15 is 0 Å². The number of ether oxygens (including phenoxy) is 2. The van der Waals surface area contributed by atoms with Gasteiger partial charge in [-0.1, -0.05) is 26.0 Å². The lowest BCUT2D eigenvalue weighted by molar-refractivity contribution is -0.139. The fraction of sp³-hybridized carbons (Fsp3) is 0.440. The predicted molar refractivity (Wildman–Crippen MR) is 136 cm³/mol. The molecule has 0 aliphatic heterocycles. The Labute approximate surface area is 212 Å². The average molecular weight is 524 g/mol. The van der Waals surface area contributed by atoms with E-state index in [1.54, 1.807) is 13.0 Å². The topological polar surface area (TPSA) is 105 Å². The molecule has 2 rings (SSSR count). The third kappa shape index (κ3) is 7.84. The molecule has 11 heteroatoms. The molecular formula is C25H34FN3O6S. The summed E-state index contributed by atoms with van der Waals surface area (Å²) in [6.07, 6.45) is 0.979. The number of carbonyl (C=O) groups is 2. The quantitative estimate of drug-likeness (QED) is 0.459. The molecule has 0 spiro atoms. The molecule has 0 radical (unpaired) electrons. The molecule has 0 aromatic heterocycles. The van der Waals surface area contributed by atoms with Gasteiger partial charge in [-0.2, -0.15) is 0 Å². The van der Waals surface area contributed by atoms with E-state index in [2.05, 4.69) is 5.32 Å². The minimum Gasteiger partial charge on any atom is -0.497 e. The predicted octanol–water partition coefficient (Wildman–Crippen LogP) is 2.80. The number of hydrogen-bond donors (Lipinski definition) is 1. The van der Waals surface area contributed by atoms with Crippen molar-refractivity contribution in [2.24, 2.45) is 5.92 Å². The van der Waals surface area contributed by atoms with Crippen LogP contribution < -0.4 is 19.1 Å². The van der Waals surface area contributed by atoms with E-state index in [0.717, 1.165) is 10.6 Å². The molecule has 2 amide bonds. The van der Waals surface area contributed by atoms with Gasteiger partial charge in [0.1, 0.15) is 29.9 Å². The summed E-state index contributed by atoms with van der Waals surface area (Å²) >= 11 is 0. The normalized spacial score (nSPS) is 12.1. The van der Waals surface area contributed by atoms with Crippen molar-refractivity contribution in [3.8, 4) is 11.5 Å². The van der Waals surface area contributed by atoms with Gasteiger partial charge in [0, 0.05) is 19.2 Å². The maximum absolute atomic E-state index is 13.6. The largest absolute Gasteiger partial charge is 0.497 e. The highest BCUT2D eigenvalue weighted by Gasteiger charge is 2.31. The molecule has 36 heavy (non-hydrogen) atoms. The zero-order chi connectivity index (χ0) is 27.0. The second-order valence-electron chi connectivity index (χ2n) is 8.77. The van der Waals surface area contributed by atoms with Gasteiger partial charge in [-0.05, 0) is 42.7 Å². The van der Waals surface area contributed by atoms with Gasteiger partial charge in [0.15, 0.2) is 0 Å². The minimum atomic E-state index is -3.93. The number of nitrogens with one attached hydrogen (secondary N) is 1. The van der Waals surface area contributed by atoms with E-state index in [4.69, 9.17) is 9.47 Å². The number of amides is 2. The van der Waals surface area contributed by atoms with Crippen LogP contribution in [-0.2, 0) is 26.2 Å². The number of carbonyl (C=O) groups excluding carboxylic acids is 2. The molecule has 198 valence electrons. The summed E-state index contributed by atoms with van der Waals surface area (Å²) in [5, 5.41) is 2.80. The molecule has 0 fully saturated rings. The summed E-state index contributed by atoms with van der Waals surface area (Å²) in [7, 11) is -1.09. The maximum atomic E-state index is 13.6. The second kappa shape index (κ2) is 12.6. The van der Waals surface area contributed by atoms with E-state index in [1.807, 2.05) is 13.8 Å². The summed E-state index contributed by atoms with van der Waals surface area (Å²) in [6.45, 7) is 5.27. The lowest BCUT2D eigenvalue weighted by Crippen LogP contribution is -2.51. The lowest BCUT2D eigenvalue weighted by atomic mass is 10.1. The Morgan fingerprint density at radius 3 is 2.19 bits per heavy atom. The number of benzene rings is 2. The molecule has 0 saturated carbocycles. The van der Waals surface area contributed by atoms with Crippen LogP contribution in [0.25, 0.3) is 0 Å². The first-order valence-electron chi connectivity index (χ1n) is 11.4. The van der Waals surface area contributed by atoms with Crippen molar-refractivity contribution in [2.75, 3.05) is 37.9 Å². The van der Waals surface area contributed by atoms with E-state index in [-0.39, 0.29) is 29.8 Å². The first kappa shape index (κ1) is 28.9. The van der Waals surface area contributed by atoms with Crippen molar-refractivity contribution >= 4 is 27.5 Å². The number of sulfonamides is 1. The number of rotatable bonds is 12. The van der Waals surface area contributed by atoms with Gasteiger partial charge < -0.3 is 19.7 Å². The van der Waals surface area contributed by atoms with Gasteiger partial charge in [0.2, 0.25) is 21.8 Å². The van der Waals surface area contributed by atoms with E-state index < -0.39 is 34.3 Å². The number of methoxy groups -OCH3 is 2. The van der Waals surface area contributed by atoms with Crippen LogP contribution >= 0.6 is 0 Å². The third-order valence-corrected chi connectivity index (χ3v) is 6.58. The van der Waals surface area contributed by atoms with Gasteiger partial charge in [-0.15, -0.1) is 0 Å². The number of halogens is 1. The molecule has 2 aromatic carbocycles. The molecular weight excluding hydrogens is 489 g/mol. The van der Waals surface area contributed by atoms with Crippen LogP contribution in [0.2, 0.25) is 0 Å². The molecule has 1 atom stereocenters. The van der Waals surface area contributed by atoms with Crippen LogP contribution in [0, 0.1) is 11.7 Å². The molecule has 0 bridgehead atoms. The molecule has 0 aliphatic rings. The van der Waals surface area contributed by atoms with Crippen molar-refractivity contribution < 1.29 is 31.9 Å². The van der Waals surface area contributed by atoms with Gasteiger partial charge in [-0.25, -0.2) is 12.8 Å². The van der Waals surface area contributed by atoms with Crippen molar-refractivity contribution in [1.82, 2.24) is 10.2 Å². The zero-order valence-electron chi connectivity index (χ0n) is 21.4. The SMILES string of the molecule is COc1ccc(N(CC(=O)N(Cc2ccc(F)cc2)[C@@H](C)C(=O)NCC(C)C)S(C)(=O)=O)c(OC)c1. The first-order chi connectivity index (χ1) is 16.9. The summed E-state index contributed by atoms with van der Waals surface area (Å²) < 4.78 is 50.3. The molecule has 1 N–H and O–H groups in total. The lowest BCUT2D eigenvalue weighted by Gasteiger charge is -2.32. The van der Waals surface area contributed by atoms with Gasteiger partial charge >= 0.3 is 0 Å². The van der Waals surface area contributed by atoms with Crippen molar-refractivity contribution in [2.45, 2.75) is 33.4 Å².